The summed E-state index contributed by atoms with van der Waals surface area (Å²) in [6, 6.07) is 6.91. The van der Waals surface area contributed by atoms with Gasteiger partial charge >= 0.3 is 0 Å². The standard InChI is InChI=1S/C10H12O3S/c1-8-4-3-5-9(6-8)10(11)7-14(2,12)13/h3-6H,7H2,1-2H3. The van der Waals surface area contributed by atoms with E-state index in [9.17, 15) is 13.2 Å². The topological polar surface area (TPSA) is 51.2 Å². The number of sulfone groups is 1. The Morgan fingerprint density at radius 1 is 1.36 bits per heavy atom. The molecule has 0 amide bonds. The Hall–Kier alpha value is -1.16. The molecule has 3 nitrogen and oxygen atoms in total. The summed E-state index contributed by atoms with van der Waals surface area (Å²) < 4.78 is 21.8. The number of rotatable bonds is 3. The van der Waals surface area contributed by atoms with Gasteiger partial charge in [0.1, 0.15) is 5.75 Å². The number of carbonyl (C=O) groups excluding carboxylic acids is 1. The van der Waals surface area contributed by atoms with Crippen LogP contribution in [-0.2, 0) is 9.84 Å². The molecule has 0 aliphatic carbocycles. The third-order valence-electron chi connectivity index (χ3n) is 1.73. The van der Waals surface area contributed by atoms with Gasteiger partial charge in [-0.1, -0.05) is 23.8 Å². The molecule has 0 fully saturated rings. The van der Waals surface area contributed by atoms with Crippen LogP contribution in [0, 0.1) is 6.92 Å². The summed E-state index contributed by atoms with van der Waals surface area (Å²) in [5.74, 6) is -0.771. The van der Waals surface area contributed by atoms with Crippen molar-refractivity contribution in [1.82, 2.24) is 0 Å². The Morgan fingerprint density at radius 2 is 2.00 bits per heavy atom. The van der Waals surface area contributed by atoms with Gasteiger partial charge in [0.2, 0.25) is 0 Å². The van der Waals surface area contributed by atoms with Crippen LogP contribution in [-0.4, -0.2) is 26.2 Å². The van der Waals surface area contributed by atoms with Crippen LogP contribution in [0.4, 0.5) is 0 Å². The maximum atomic E-state index is 11.4. The zero-order valence-electron chi connectivity index (χ0n) is 8.15. The summed E-state index contributed by atoms with van der Waals surface area (Å²) in [5.41, 5.74) is 1.40. The molecule has 0 radical (unpaired) electrons. The van der Waals surface area contributed by atoms with E-state index in [1.807, 2.05) is 13.0 Å². The summed E-state index contributed by atoms with van der Waals surface area (Å²) in [4.78, 5) is 11.4. The number of carbonyl (C=O) groups is 1. The van der Waals surface area contributed by atoms with E-state index >= 15 is 0 Å². The number of Topliss-reactive ketones (excluding diaryl/α,β-unsaturated/α-hetero) is 1. The normalized spacial score (nSPS) is 11.3. The second kappa shape index (κ2) is 3.92. The van der Waals surface area contributed by atoms with Gasteiger partial charge in [-0.25, -0.2) is 8.42 Å². The van der Waals surface area contributed by atoms with Gasteiger partial charge in [0.05, 0.1) is 0 Å². The fourth-order valence-electron chi connectivity index (χ4n) is 1.14. The van der Waals surface area contributed by atoms with Crippen LogP contribution < -0.4 is 0 Å². The van der Waals surface area contributed by atoms with E-state index in [-0.39, 0.29) is 5.78 Å². The highest BCUT2D eigenvalue weighted by atomic mass is 32.2. The van der Waals surface area contributed by atoms with Gasteiger partial charge in [0.25, 0.3) is 0 Å². The van der Waals surface area contributed by atoms with Crippen LogP contribution in [0.25, 0.3) is 0 Å². The van der Waals surface area contributed by atoms with Gasteiger partial charge in [-0.05, 0) is 13.0 Å². The van der Waals surface area contributed by atoms with E-state index in [1.54, 1.807) is 18.2 Å². The second-order valence-corrected chi connectivity index (χ2v) is 5.50. The van der Waals surface area contributed by atoms with Crippen LogP contribution in [0.3, 0.4) is 0 Å². The van der Waals surface area contributed by atoms with Crippen molar-refractivity contribution in [1.29, 1.82) is 0 Å². The molecule has 0 spiro atoms. The van der Waals surface area contributed by atoms with E-state index in [2.05, 4.69) is 0 Å². The number of hydrogen-bond donors (Lipinski definition) is 0. The summed E-state index contributed by atoms with van der Waals surface area (Å²) >= 11 is 0. The lowest BCUT2D eigenvalue weighted by Gasteiger charge is -2.00. The van der Waals surface area contributed by atoms with Gasteiger partial charge in [-0.2, -0.15) is 0 Å². The predicted molar refractivity (Wildman–Crippen MR) is 55.2 cm³/mol. The molecular weight excluding hydrogens is 200 g/mol. The fraction of sp³-hybridized carbons (Fsp3) is 0.300. The lowest BCUT2D eigenvalue weighted by atomic mass is 10.1. The summed E-state index contributed by atoms with van der Waals surface area (Å²) in [6.45, 7) is 1.86. The third kappa shape index (κ3) is 3.30. The first-order valence-corrected chi connectivity index (χ1v) is 6.22. The first-order valence-electron chi connectivity index (χ1n) is 4.16. The number of ketones is 1. The zero-order valence-corrected chi connectivity index (χ0v) is 8.97. The number of benzene rings is 1. The van der Waals surface area contributed by atoms with Crippen molar-refractivity contribution in [2.45, 2.75) is 6.92 Å². The predicted octanol–water partition coefficient (Wildman–Crippen LogP) is 1.22. The minimum atomic E-state index is -3.23. The van der Waals surface area contributed by atoms with Crippen molar-refractivity contribution in [3.05, 3.63) is 35.4 Å². The van der Waals surface area contributed by atoms with Gasteiger partial charge in [0, 0.05) is 11.8 Å². The Labute approximate surface area is 83.7 Å². The summed E-state index contributed by atoms with van der Waals surface area (Å²) in [6.07, 6.45) is 1.06. The number of hydrogen-bond acceptors (Lipinski definition) is 3. The van der Waals surface area contributed by atoms with Crippen LogP contribution in [0.15, 0.2) is 24.3 Å². The molecule has 0 unspecified atom stereocenters. The molecule has 0 aliphatic rings. The fourth-order valence-corrected chi connectivity index (χ4v) is 1.78. The molecule has 0 saturated heterocycles. The summed E-state index contributed by atoms with van der Waals surface area (Å²) in [5, 5.41) is 0. The molecule has 0 aromatic heterocycles. The smallest absolute Gasteiger partial charge is 0.177 e. The number of aryl methyl sites for hydroxylation is 1. The molecular formula is C10H12O3S. The minimum Gasteiger partial charge on any atom is -0.293 e. The van der Waals surface area contributed by atoms with Crippen molar-refractivity contribution in [2.75, 3.05) is 12.0 Å². The average Bonchev–Trinajstić information content (AvgIpc) is 2.01. The molecule has 1 aromatic rings. The van der Waals surface area contributed by atoms with E-state index < -0.39 is 15.6 Å². The molecule has 1 rings (SSSR count). The SMILES string of the molecule is Cc1cccc(C(=O)CS(C)(=O)=O)c1. The monoisotopic (exact) mass is 212 g/mol. The Kier molecular flexibility index (Phi) is 3.06. The molecule has 0 bridgehead atoms. The molecule has 14 heavy (non-hydrogen) atoms. The second-order valence-electron chi connectivity index (χ2n) is 3.36. The van der Waals surface area contributed by atoms with Crippen molar-refractivity contribution in [3.8, 4) is 0 Å². The maximum absolute atomic E-state index is 11.4. The van der Waals surface area contributed by atoms with Crippen molar-refractivity contribution in [2.24, 2.45) is 0 Å². The first-order chi connectivity index (χ1) is 6.38. The van der Waals surface area contributed by atoms with Crippen LogP contribution in [0.1, 0.15) is 15.9 Å². The third-order valence-corrected chi connectivity index (χ3v) is 2.52. The highest BCUT2D eigenvalue weighted by Crippen LogP contribution is 2.05. The quantitative estimate of drug-likeness (QED) is 0.708. The van der Waals surface area contributed by atoms with Crippen molar-refractivity contribution in [3.63, 3.8) is 0 Å². The Balaban J connectivity index is 2.91. The van der Waals surface area contributed by atoms with Gasteiger partial charge in [0.15, 0.2) is 15.6 Å². The van der Waals surface area contributed by atoms with Gasteiger partial charge in [-0.3, -0.25) is 4.79 Å². The van der Waals surface area contributed by atoms with Crippen molar-refractivity contribution < 1.29 is 13.2 Å². The Morgan fingerprint density at radius 3 is 2.50 bits per heavy atom. The summed E-state index contributed by atoms with van der Waals surface area (Å²) in [7, 11) is -3.23. The lowest BCUT2D eigenvalue weighted by molar-refractivity contribution is 0.102. The van der Waals surface area contributed by atoms with Crippen LogP contribution in [0.5, 0.6) is 0 Å². The van der Waals surface area contributed by atoms with Crippen molar-refractivity contribution >= 4 is 15.6 Å². The molecule has 76 valence electrons. The Bertz CT molecular complexity index is 446. The van der Waals surface area contributed by atoms with E-state index in [4.69, 9.17) is 0 Å². The molecule has 1 aromatic carbocycles. The minimum absolute atomic E-state index is 0.351. The molecule has 0 aliphatic heterocycles. The van der Waals surface area contributed by atoms with E-state index in [0.717, 1.165) is 11.8 Å². The van der Waals surface area contributed by atoms with Crippen LogP contribution in [0.2, 0.25) is 0 Å². The van der Waals surface area contributed by atoms with E-state index in [1.165, 1.54) is 0 Å². The molecule has 0 atom stereocenters. The average molecular weight is 212 g/mol. The highest BCUT2D eigenvalue weighted by molar-refractivity contribution is 7.91. The largest absolute Gasteiger partial charge is 0.293 e. The van der Waals surface area contributed by atoms with Gasteiger partial charge < -0.3 is 0 Å². The molecule has 4 heteroatoms. The molecule has 0 saturated carbocycles. The first kappa shape index (κ1) is 10.9. The van der Waals surface area contributed by atoms with E-state index in [0.29, 0.717) is 5.56 Å². The molecule has 0 N–H and O–H groups in total. The molecule has 0 heterocycles. The maximum Gasteiger partial charge on any atom is 0.177 e. The lowest BCUT2D eigenvalue weighted by Crippen LogP contribution is -2.14. The van der Waals surface area contributed by atoms with Gasteiger partial charge in [-0.15, -0.1) is 0 Å². The zero-order chi connectivity index (χ0) is 10.8. The van der Waals surface area contributed by atoms with Crippen LogP contribution >= 0.6 is 0 Å². The highest BCUT2D eigenvalue weighted by Gasteiger charge is 2.12.